The number of hydrogen-bond donors (Lipinski definition) is 3. The Labute approximate surface area is 174 Å². The van der Waals surface area contributed by atoms with E-state index in [1.54, 1.807) is 25.4 Å². The normalized spacial score (nSPS) is 18.6. The molecule has 2 aromatic rings. The molecule has 1 aliphatic rings. The quantitative estimate of drug-likeness (QED) is 0.637. The Balaban J connectivity index is 0.000000941. The molecule has 1 aromatic carbocycles. The van der Waals surface area contributed by atoms with Crippen LogP contribution in [0.25, 0.3) is 10.9 Å². The molecule has 0 bridgehead atoms. The number of amides is 2. The number of likely N-dealkylation sites (N-methyl/N-ethyl adjacent to an activating group) is 1. The molecule has 3 rings (SSSR count). The fourth-order valence-corrected chi connectivity index (χ4v) is 3.80. The number of halogens is 1. The second-order valence-corrected chi connectivity index (χ2v) is 7.14. The highest BCUT2D eigenvalue weighted by Gasteiger charge is 2.31. The van der Waals surface area contributed by atoms with Crippen LogP contribution in [0.2, 0.25) is 5.02 Å². The lowest BCUT2D eigenvalue weighted by atomic mass is 10.1. The third-order valence-electron chi connectivity index (χ3n) is 5.14. The number of carbonyl (C=O) groups is 3. The fraction of sp³-hybridized carbons (Fsp3) is 0.400. The van der Waals surface area contributed by atoms with Gasteiger partial charge >= 0.3 is 0 Å². The number of rotatable bonds is 5. The zero-order chi connectivity index (χ0) is 21.4. The third kappa shape index (κ3) is 5.65. The summed E-state index contributed by atoms with van der Waals surface area (Å²) in [5, 5.41) is 13.7. The van der Waals surface area contributed by atoms with E-state index in [2.05, 4.69) is 20.5 Å². The van der Waals surface area contributed by atoms with Gasteiger partial charge in [0.2, 0.25) is 5.91 Å². The maximum atomic E-state index is 12.7. The van der Waals surface area contributed by atoms with Crippen molar-refractivity contribution >= 4 is 40.8 Å². The van der Waals surface area contributed by atoms with Crippen LogP contribution in [0.1, 0.15) is 29.6 Å². The summed E-state index contributed by atoms with van der Waals surface area (Å²) in [7, 11) is 3.66. The maximum Gasteiger partial charge on any atom is 0.290 e. The van der Waals surface area contributed by atoms with Crippen LogP contribution in [-0.2, 0) is 9.59 Å². The van der Waals surface area contributed by atoms with E-state index < -0.39 is 0 Å². The largest absolute Gasteiger partial charge is 0.483 e. The minimum atomic E-state index is -0.250. The summed E-state index contributed by atoms with van der Waals surface area (Å²) in [6, 6.07) is 7.58. The molecule has 156 valence electrons. The highest BCUT2D eigenvalue weighted by Crippen LogP contribution is 2.26. The molecule has 29 heavy (non-hydrogen) atoms. The van der Waals surface area contributed by atoms with Crippen molar-refractivity contribution in [3.8, 4) is 0 Å². The Kier molecular flexibility index (Phi) is 8.35. The lowest BCUT2D eigenvalue weighted by Crippen LogP contribution is -2.42. The first kappa shape index (κ1) is 22.6. The molecular formula is C20H25ClN4O4. The van der Waals surface area contributed by atoms with Gasteiger partial charge in [-0.3, -0.25) is 24.3 Å². The van der Waals surface area contributed by atoms with Crippen molar-refractivity contribution in [2.75, 3.05) is 20.6 Å². The van der Waals surface area contributed by atoms with E-state index in [0.717, 1.165) is 23.7 Å². The summed E-state index contributed by atoms with van der Waals surface area (Å²) in [5.41, 5.74) is 1.20. The van der Waals surface area contributed by atoms with Crippen molar-refractivity contribution in [2.24, 2.45) is 0 Å². The van der Waals surface area contributed by atoms with Gasteiger partial charge in [0.05, 0.1) is 16.1 Å². The molecule has 0 aliphatic carbocycles. The molecule has 1 aromatic heterocycles. The molecule has 0 saturated carbocycles. The summed E-state index contributed by atoms with van der Waals surface area (Å²) in [4.78, 5) is 39.2. The number of nitrogens with zero attached hydrogens (tertiary/aromatic N) is 2. The van der Waals surface area contributed by atoms with Crippen molar-refractivity contribution in [3.05, 3.63) is 41.0 Å². The second-order valence-electron chi connectivity index (χ2n) is 6.74. The fourth-order valence-electron chi connectivity index (χ4n) is 3.55. The highest BCUT2D eigenvalue weighted by molar-refractivity contribution is 6.35. The van der Waals surface area contributed by atoms with Crippen molar-refractivity contribution in [2.45, 2.75) is 31.3 Å². The van der Waals surface area contributed by atoms with Gasteiger partial charge in [0.15, 0.2) is 0 Å². The standard InChI is InChI=1S/C19H23ClN4O2.CH2O2/c1-21-17(25)10-12-5-6-13(24(12)2)11-23-19(26)18-14-4-3-9-22-16(14)8-7-15(18)20;2-1-3/h3-4,7-9,12-13H,5-6,10-11H2,1-2H3,(H,21,25)(H,23,26);1H,(H,2,3)/t12-,13+;/m1./s1. The lowest BCUT2D eigenvalue weighted by Gasteiger charge is -2.25. The van der Waals surface area contributed by atoms with Crippen LogP contribution in [0.15, 0.2) is 30.5 Å². The smallest absolute Gasteiger partial charge is 0.290 e. The third-order valence-corrected chi connectivity index (χ3v) is 5.46. The molecule has 2 atom stereocenters. The molecule has 2 amide bonds. The van der Waals surface area contributed by atoms with E-state index in [-0.39, 0.29) is 30.4 Å². The number of benzene rings is 1. The number of nitrogens with one attached hydrogen (secondary N) is 2. The van der Waals surface area contributed by atoms with Crippen LogP contribution in [0, 0.1) is 0 Å². The Morgan fingerprint density at radius 3 is 2.69 bits per heavy atom. The number of likely N-dealkylation sites (tertiary alicyclic amines) is 1. The SMILES string of the molecule is CNC(=O)C[C@H]1CC[C@@H](CNC(=O)c2c(Cl)ccc3ncccc23)N1C.O=CO. The first-order chi connectivity index (χ1) is 13.9. The van der Waals surface area contributed by atoms with Crippen LogP contribution in [0.4, 0.5) is 0 Å². The van der Waals surface area contributed by atoms with Gasteiger partial charge in [-0.2, -0.15) is 0 Å². The predicted octanol–water partition coefficient (Wildman–Crippen LogP) is 1.92. The Morgan fingerprint density at radius 2 is 2.00 bits per heavy atom. The zero-order valence-electron chi connectivity index (χ0n) is 16.4. The molecule has 1 saturated heterocycles. The molecule has 8 nitrogen and oxygen atoms in total. The predicted molar refractivity (Wildman–Crippen MR) is 111 cm³/mol. The highest BCUT2D eigenvalue weighted by atomic mass is 35.5. The van der Waals surface area contributed by atoms with Gasteiger partial charge in [0.25, 0.3) is 12.4 Å². The van der Waals surface area contributed by atoms with Crippen molar-refractivity contribution in [3.63, 3.8) is 0 Å². The first-order valence-corrected chi connectivity index (χ1v) is 9.62. The zero-order valence-corrected chi connectivity index (χ0v) is 17.1. The van der Waals surface area contributed by atoms with Crippen LogP contribution in [0.5, 0.6) is 0 Å². The number of carboxylic acid groups (broad SMARTS) is 1. The minimum absolute atomic E-state index is 0.0431. The van der Waals surface area contributed by atoms with Crippen molar-refractivity contribution < 1.29 is 19.5 Å². The average Bonchev–Trinajstić information content (AvgIpc) is 3.06. The summed E-state index contributed by atoms with van der Waals surface area (Å²) in [6.45, 7) is 0.270. The van der Waals surface area contributed by atoms with E-state index >= 15 is 0 Å². The topological polar surface area (TPSA) is 112 Å². The Bertz CT molecular complexity index is 877. The summed E-state index contributed by atoms with van der Waals surface area (Å²) < 4.78 is 0. The van der Waals surface area contributed by atoms with Gasteiger partial charge < -0.3 is 15.7 Å². The van der Waals surface area contributed by atoms with Gasteiger partial charge in [-0.25, -0.2) is 0 Å². The molecule has 3 N–H and O–H groups in total. The summed E-state index contributed by atoms with van der Waals surface area (Å²) in [5.74, 6) is -0.154. The number of carbonyl (C=O) groups excluding carboxylic acids is 2. The van der Waals surface area contributed by atoms with Gasteiger partial charge in [-0.15, -0.1) is 0 Å². The average molecular weight is 421 g/mol. The Morgan fingerprint density at radius 1 is 1.31 bits per heavy atom. The van der Waals surface area contributed by atoms with E-state index in [9.17, 15) is 9.59 Å². The number of pyridine rings is 1. The minimum Gasteiger partial charge on any atom is -0.483 e. The number of fused-ring (bicyclic) bond motifs is 1. The molecule has 9 heteroatoms. The van der Waals surface area contributed by atoms with Crippen LogP contribution in [0.3, 0.4) is 0 Å². The van der Waals surface area contributed by atoms with Crippen LogP contribution in [-0.4, -0.2) is 66.0 Å². The molecule has 0 spiro atoms. The van der Waals surface area contributed by atoms with E-state index in [4.69, 9.17) is 21.5 Å². The summed E-state index contributed by atoms with van der Waals surface area (Å²) >= 11 is 6.28. The monoisotopic (exact) mass is 420 g/mol. The lowest BCUT2D eigenvalue weighted by molar-refractivity contribution is -0.123. The van der Waals surface area contributed by atoms with E-state index in [1.165, 1.54) is 0 Å². The molecule has 1 fully saturated rings. The molecular weight excluding hydrogens is 396 g/mol. The van der Waals surface area contributed by atoms with Crippen LogP contribution >= 0.6 is 11.6 Å². The molecule has 2 heterocycles. The van der Waals surface area contributed by atoms with E-state index in [0.29, 0.717) is 23.6 Å². The van der Waals surface area contributed by atoms with Crippen LogP contribution < -0.4 is 10.6 Å². The molecule has 0 unspecified atom stereocenters. The molecule has 0 radical (unpaired) electrons. The maximum absolute atomic E-state index is 12.7. The van der Waals surface area contributed by atoms with Gasteiger partial charge in [0.1, 0.15) is 0 Å². The van der Waals surface area contributed by atoms with Crippen molar-refractivity contribution in [1.29, 1.82) is 0 Å². The van der Waals surface area contributed by atoms with Crippen molar-refractivity contribution in [1.82, 2.24) is 20.5 Å². The number of aromatic nitrogens is 1. The Hall–Kier alpha value is -2.71. The van der Waals surface area contributed by atoms with E-state index in [1.807, 2.05) is 19.2 Å². The van der Waals surface area contributed by atoms with Gasteiger partial charge in [-0.1, -0.05) is 17.7 Å². The molecule has 1 aliphatic heterocycles. The number of hydrogen-bond acceptors (Lipinski definition) is 5. The van der Waals surface area contributed by atoms with Gasteiger partial charge in [0, 0.05) is 43.7 Å². The second kappa shape index (κ2) is 10.7. The first-order valence-electron chi connectivity index (χ1n) is 9.24. The summed E-state index contributed by atoms with van der Waals surface area (Å²) in [6.07, 6.45) is 4.07. The van der Waals surface area contributed by atoms with Gasteiger partial charge in [-0.05, 0) is 38.1 Å².